The highest BCUT2D eigenvalue weighted by molar-refractivity contribution is 5.29. The Morgan fingerprint density at radius 1 is 1.05 bits per heavy atom. The minimum absolute atomic E-state index is 0.620. The zero-order valence-corrected chi connectivity index (χ0v) is 12.4. The average Bonchev–Trinajstić information content (AvgIpc) is 2.46. The molecular formula is C16H27NO2. The molecule has 108 valence electrons. The molecular weight excluding hydrogens is 238 g/mol. The molecule has 1 N–H and O–H groups in total. The van der Waals surface area contributed by atoms with E-state index < -0.39 is 0 Å². The molecule has 0 aromatic heterocycles. The van der Waals surface area contributed by atoms with Crippen molar-refractivity contribution >= 4 is 0 Å². The summed E-state index contributed by atoms with van der Waals surface area (Å²) in [6.45, 7) is 10.4. The number of nitrogens with one attached hydrogen (secondary N) is 1. The quantitative estimate of drug-likeness (QED) is 0.659. The van der Waals surface area contributed by atoms with Crippen molar-refractivity contribution in [1.82, 2.24) is 5.32 Å². The summed E-state index contributed by atoms with van der Waals surface area (Å²) in [7, 11) is 0. The summed E-state index contributed by atoms with van der Waals surface area (Å²) in [5.74, 6) is 1.56. The maximum atomic E-state index is 5.68. The predicted octanol–water partition coefficient (Wildman–Crippen LogP) is 3.21. The van der Waals surface area contributed by atoms with E-state index in [4.69, 9.17) is 9.47 Å². The standard InChI is InChI=1S/C16H27NO2/c1-4-14(3)15-6-8-16(9-7-15)19-13-11-17-10-12-18-5-2/h6-9,14,17H,4-5,10-13H2,1-3H3. The van der Waals surface area contributed by atoms with Crippen LogP contribution in [0.3, 0.4) is 0 Å². The average molecular weight is 265 g/mol. The van der Waals surface area contributed by atoms with E-state index in [0.717, 1.165) is 32.1 Å². The molecule has 1 aromatic carbocycles. The molecule has 0 aliphatic heterocycles. The number of hydrogen-bond donors (Lipinski definition) is 1. The van der Waals surface area contributed by atoms with E-state index in [1.165, 1.54) is 12.0 Å². The zero-order valence-electron chi connectivity index (χ0n) is 12.4. The first kappa shape index (κ1) is 16.0. The van der Waals surface area contributed by atoms with Crippen molar-refractivity contribution in [3.63, 3.8) is 0 Å². The third-order valence-corrected chi connectivity index (χ3v) is 3.24. The van der Waals surface area contributed by atoms with Crippen LogP contribution in [-0.2, 0) is 4.74 Å². The van der Waals surface area contributed by atoms with Gasteiger partial charge in [0, 0.05) is 19.7 Å². The van der Waals surface area contributed by atoms with Crippen LogP contribution in [0.1, 0.15) is 38.7 Å². The fourth-order valence-electron chi connectivity index (χ4n) is 1.78. The van der Waals surface area contributed by atoms with Crippen LogP contribution >= 0.6 is 0 Å². The van der Waals surface area contributed by atoms with Gasteiger partial charge in [0.05, 0.1) is 6.61 Å². The molecule has 3 heteroatoms. The van der Waals surface area contributed by atoms with Gasteiger partial charge in [-0.1, -0.05) is 26.0 Å². The lowest BCUT2D eigenvalue weighted by Gasteiger charge is -2.11. The van der Waals surface area contributed by atoms with Crippen molar-refractivity contribution < 1.29 is 9.47 Å². The van der Waals surface area contributed by atoms with E-state index in [9.17, 15) is 0 Å². The maximum Gasteiger partial charge on any atom is 0.119 e. The Kier molecular flexibility index (Phi) is 8.26. The highest BCUT2D eigenvalue weighted by Crippen LogP contribution is 2.21. The lowest BCUT2D eigenvalue weighted by molar-refractivity contribution is 0.148. The third kappa shape index (κ3) is 6.60. The van der Waals surface area contributed by atoms with E-state index in [0.29, 0.717) is 12.5 Å². The summed E-state index contributed by atoms with van der Waals surface area (Å²) >= 11 is 0. The van der Waals surface area contributed by atoms with Crippen LogP contribution in [0.2, 0.25) is 0 Å². The van der Waals surface area contributed by atoms with Crippen molar-refractivity contribution in [1.29, 1.82) is 0 Å². The molecule has 0 radical (unpaired) electrons. The second kappa shape index (κ2) is 9.82. The van der Waals surface area contributed by atoms with Gasteiger partial charge in [0.25, 0.3) is 0 Å². The Balaban J connectivity index is 2.16. The summed E-state index contributed by atoms with van der Waals surface area (Å²) in [6.07, 6.45) is 1.17. The van der Waals surface area contributed by atoms with Crippen molar-refractivity contribution in [3.8, 4) is 5.75 Å². The number of hydrogen-bond acceptors (Lipinski definition) is 3. The highest BCUT2D eigenvalue weighted by Gasteiger charge is 2.02. The lowest BCUT2D eigenvalue weighted by Crippen LogP contribution is -2.24. The molecule has 0 fully saturated rings. The van der Waals surface area contributed by atoms with E-state index in [2.05, 4.69) is 43.4 Å². The van der Waals surface area contributed by atoms with Gasteiger partial charge in [-0.2, -0.15) is 0 Å². The van der Waals surface area contributed by atoms with E-state index in [-0.39, 0.29) is 0 Å². The summed E-state index contributed by atoms with van der Waals surface area (Å²) in [4.78, 5) is 0. The molecule has 0 saturated carbocycles. The van der Waals surface area contributed by atoms with Crippen LogP contribution < -0.4 is 10.1 Å². The Hall–Kier alpha value is -1.06. The van der Waals surface area contributed by atoms with Crippen molar-refractivity contribution in [2.45, 2.75) is 33.1 Å². The minimum Gasteiger partial charge on any atom is -0.492 e. The lowest BCUT2D eigenvalue weighted by atomic mass is 9.99. The number of rotatable bonds is 10. The molecule has 1 atom stereocenters. The summed E-state index contributed by atoms with van der Waals surface area (Å²) in [5, 5.41) is 3.28. The van der Waals surface area contributed by atoms with Crippen LogP contribution in [0, 0.1) is 0 Å². The van der Waals surface area contributed by atoms with Gasteiger partial charge in [0.15, 0.2) is 0 Å². The number of ether oxygens (including phenoxy) is 2. The van der Waals surface area contributed by atoms with Gasteiger partial charge in [0.2, 0.25) is 0 Å². The molecule has 1 aromatic rings. The monoisotopic (exact) mass is 265 g/mol. The summed E-state index contributed by atoms with van der Waals surface area (Å²) in [6, 6.07) is 8.43. The van der Waals surface area contributed by atoms with Crippen LogP contribution in [0.25, 0.3) is 0 Å². The van der Waals surface area contributed by atoms with Crippen molar-refractivity contribution in [2.75, 3.05) is 32.9 Å². The van der Waals surface area contributed by atoms with E-state index in [1.54, 1.807) is 0 Å². The summed E-state index contributed by atoms with van der Waals surface area (Å²) < 4.78 is 10.9. The molecule has 0 aliphatic carbocycles. The van der Waals surface area contributed by atoms with Crippen molar-refractivity contribution in [3.05, 3.63) is 29.8 Å². The van der Waals surface area contributed by atoms with Crippen LogP contribution in [-0.4, -0.2) is 32.9 Å². The second-order valence-electron chi connectivity index (χ2n) is 4.67. The number of benzene rings is 1. The Bertz CT molecular complexity index is 324. The smallest absolute Gasteiger partial charge is 0.119 e. The largest absolute Gasteiger partial charge is 0.492 e. The van der Waals surface area contributed by atoms with Gasteiger partial charge in [-0.15, -0.1) is 0 Å². The van der Waals surface area contributed by atoms with Crippen LogP contribution in [0.4, 0.5) is 0 Å². The summed E-state index contributed by atoms with van der Waals surface area (Å²) in [5.41, 5.74) is 1.38. The zero-order chi connectivity index (χ0) is 13.9. The van der Waals surface area contributed by atoms with Gasteiger partial charge in [-0.05, 0) is 37.0 Å². The Labute approximate surface area is 117 Å². The molecule has 1 unspecified atom stereocenters. The molecule has 1 rings (SSSR count). The van der Waals surface area contributed by atoms with E-state index in [1.807, 2.05) is 6.92 Å². The molecule has 0 spiro atoms. The van der Waals surface area contributed by atoms with Gasteiger partial charge >= 0.3 is 0 Å². The van der Waals surface area contributed by atoms with Crippen LogP contribution in [0.5, 0.6) is 5.75 Å². The predicted molar refractivity (Wildman–Crippen MR) is 80.0 cm³/mol. The minimum atomic E-state index is 0.620. The second-order valence-corrected chi connectivity index (χ2v) is 4.67. The van der Waals surface area contributed by atoms with Crippen molar-refractivity contribution in [2.24, 2.45) is 0 Å². The molecule has 0 heterocycles. The molecule has 0 aliphatic rings. The molecule has 0 bridgehead atoms. The fraction of sp³-hybridized carbons (Fsp3) is 0.625. The molecule has 0 amide bonds. The molecule has 19 heavy (non-hydrogen) atoms. The maximum absolute atomic E-state index is 5.68. The third-order valence-electron chi connectivity index (χ3n) is 3.24. The van der Waals surface area contributed by atoms with Gasteiger partial charge in [-0.3, -0.25) is 0 Å². The SMILES string of the molecule is CCOCCNCCOc1ccc(C(C)CC)cc1. The van der Waals surface area contributed by atoms with Gasteiger partial charge < -0.3 is 14.8 Å². The first-order valence-electron chi connectivity index (χ1n) is 7.29. The van der Waals surface area contributed by atoms with Gasteiger partial charge in [-0.25, -0.2) is 0 Å². The topological polar surface area (TPSA) is 30.5 Å². The first-order valence-corrected chi connectivity index (χ1v) is 7.29. The van der Waals surface area contributed by atoms with E-state index >= 15 is 0 Å². The Morgan fingerprint density at radius 3 is 2.37 bits per heavy atom. The van der Waals surface area contributed by atoms with Gasteiger partial charge in [0.1, 0.15) is 12.4 Å². The Morgan fingerprint density at radius 2 is 1.74 bits per heavy atom. The first-order chi connectivity index (χ1) is 9.27. The normalized spacial score (nSPS) is 12.4. The fourth-order valence-corrected chi connectivity index (χ4v) is 1.78. The van der Waals surface area contributed by atoms with Crippen LogP contribution in [0.15, 0.2) is 24.3 Å². The highest BCUT2D eigenvalue weighted by atomic mass is 16.5. The molecule has 0 saturated heterocycles. The molecule has 3 nitrogen and oxygen atoms in total.